The first kappa shape index (κ1) is 16.9. The third-order valence-corrected chi connectivity index (χ3v) is 4.28. The number of hydrogen-bond acceptors (Lipinski definition) is 5. The smallest absolute Gasteiger partial charge is 0.276 e. The lowest BCUT2D eigenvalue weighted by Crippen LogP contribution is -2.46. The molecule has 0 saturated carbocycles. The summed E-state index contributed by atoms with van der Waals surface area (Å²) in [6, 6.07) is 11.2. The van der Waals surface area contributed by atoms with Crippen molar-refractivity contribution in [3.8, 4) is 0 Å². The van der Waals surface area contributed by atoms with Crippen molar-refractivity contribution in [2.45, 2.75) is 6.92 Å². The summed E-state index contributed by atoms with van der Waals surface area (Å²) in [4.78, 5) is 37.8. The van der Waals surface area contributed by atoms with Gasteiger partial charge in [0.05, 0.1) is 0 Å². The molecule has 1 saturated heterocycles. The molecule has 25 heavy (non-hydrogen) atoms. The van der Waals surface area contributed by atoms with Gasteiger partial charge in [-0.1, -0.05) is 18.2 Å². The molecule has 2 heterocycles. The molecular formula is C18H21N5O2. The molecule has 0 radical (unpaired) electrons. The predicted octanol–water partition coefficient (Wildman–Crippen LogP) is 1.34. The average Bonchev–Trinajstić information content (AvgIpc) is 2.67. The van der Waals surface area contributed by atoms with Crippen molar-refractivity contribution >= 4 is 23.8 Å². The molecule has 7 nitrogen and oxygen atoms in total. The van der Waals surface area contributed by atoms with E-state index in [4.69, 9.17) is 0 Å². The fraction of sp³-hybridized carbons (Fsp3) is 0.333. The maximum absolute atomic E-state index is 12.8. The largest absolute Gasteiger partial charge is 0.353 e. The van der Waals surface area contributed by atoms with Gasteiger partial charge in [-0.2, -0.15) is 0 Å². The number of aromatic nitrogens is 2. The maximum atomic E-state index is 12.8. The molecule has 1 aliphatic heterocycles. The van der Waals surface area contributed by atoms with Gasteiger partial charge < -0.3 is 14.7 Å². The number of hydrogen-bond donors (Lipinski definition) is 0. The molecule has 3 rings (SSSR count). The zero-order valence-corrected chi connectivity index (χ0v) is 14.4. The number of nitrogens with zero attached hydrogens (tertiary/aromatic N) is 5. The van der Waals surface area contributed by atoms with Crippen LogP contribution in [0, 0.1) is 6.92 Å². The molecule has 0 N–H and O–H groups in total. The molecular weight excluding hydrogens is 318 g/mol. The zero-order chi connectivity index (χ0) is 17.8. The van der Waals surface area contributed by atoms with Crippen LogP contribution in [0.3, 0.4) is 0 Å². The molecule has 130 valence electrons. The highest BCUT2D eigenvalue weighted by Gasteiger charge is 2.21. The molecule has 0 spiro atoms. The first-order valence-corrected chi connectivity index (χ1v) is 8.21. The van der Waals surface area contributed by atoms with Gasteiger partial charge in [0.1, 0.15) is 17.3 Å². The number of amides is 2. The van der Waals surface area contributed by atoms with Crippen LogP contribution >= 0.6 is 0 Å². The summed E-state index contributed by atoms with van der Waals surface area (Å²) in [5.41, 5.74) is 1.18. The molecule has 0 bridgehead atoms. The van der Waals surface area contributed by atoms with Crippen molar-refractivity contribution in [2.75, 3.05) is 43.0 Å². The lowest BCUT2D eigenvalue weighted by atomic mass is 10.2. The second-order valence-electron chi connectivity index (χ2n) is 5.99. The minimum Gasteiger partial charge on any atom is -0.353 e. The number of para-hydroxylation sites is 1. The second-order valence-corrected chi connectivity index (χ2v) is 5.99. The van der Waals surface area contributed by atoms with Crippen LogP contribution in [0.2, 0.25) is 0 Å². The monoisotopic (exact) mass is 339 g/mol. The van der Waals surface area contributed by atoms with Crippen LogP contribution in [-0.4, -0.2) is 60.4 Å². The number of anilines is 2. The van der Waals surface area contributed by atoms with Crippen LogP contribution in [0.1, 0.15) is 16.3 Å². The Balaban J connectivity index is 1.82. The second kappa shape index (κ2) is 7.29. The maximum Gasteiger partial charge on any atom is 0.276 e. The summed E-state index contributed by atoms with van der Waals surface area (Å²) < 4.78 is 0. The Morgan fingerprint density at radius 3 is 2.44 bits per heavy atom. The van der Waals surface area contributed by atoms with Gasteiger partial charge in [0.2, 0.25) is 6.41 Å². The molecule has 7 heteroatoms. The molecule has 0 aliphatic carbocycles. The molecule has 0 atom stereocenters. The summed E-state index contributed by atoms with van der Waals surface area (Å²) in [7, 11) is 1.73. The number of carbonyl (C=O) groups is 2. The summed E-state index contributed by atoms with van der Waals surface area (Å²) in [6.45, 7) is 4.47. The Morgan fingerprint density at radius 1 is 1.12 bits per heavy atom. The SMILES string of the molecule is Cc1nc(C(=O)N(C)c2ccccc2)cc(N2CCN(C=O)CC2)n1. The standard InChI is InChI=1S/C18H21N5O2/c1-14-19-16(18(25)21(2)15-6-4-3-5-7-15)12-17(20-14)23-10-8-22(13-24)9-11-23/h3-7,12-13H,8-11H2,1-2H3. The Bertz CT molecular complexity index is 757. The van der Waals surface area contributed by atoms with Crippen molar-refractivity contribution in [1.29, 1.82) is 0 Å². The van der Waals surface area contributed by atoms with Gasteiger partial charge >= 0.3 is 0 Å². The van der Waals surface area contributed by atoms with Crippen LogP contribution in [0.15, 0.2) is 36.4 Å². The molecule has 1 fully saturated rings. The van der Waals surface area contributed by atoms with Gasteiger partial charge in [-0.15, -0.1) is 0 Å². The van der Waals surface area contributed by atoms with Gasteiger partial charge in [0.15, 0.2) is 0 Å². The summed E-state index contributed by atoms with van der Waals surface area (Å²) in [5, 5.41) is 0. The van der Waals surface area contributed by atoms with E-state index in [2.05, 4.69) is 14.9 Å². The van der Waals surface area contributed by atoms with Crippen LogP contribution in [-0.2, 0) is 4.79 Å². The van der Waals surface area contributed by atoms with E-state index < -0.39 is 0 Å². The Labute approximate surface area is 146 Å². The van der Waals surface area contributed by atoms with Gasteiger partial charge in [-0.05, 0) is 19.1 Å². The summed E-state index contributed by atoms with van der Waals surface area (Å²) >= 11 is 0. The highest BCUT2D eigenvalue weighted by atomic mass is 16.2. The lowest BCUT2D eigenvalue weighted by Gasteiger charge is -2.33. The normalized spacial score (nSPS) is 14.3. The minimum atomic E-state index is -0.176. The molecule has 1 aromatic carbocycles. The molecule has 1 aromatic heterocycles. The molecule has 2 aromatic rings. The summed E-state index contributed by atoms with van der Waals surface area (Å²) in [6.07, 6.45) is 0.867. The number of carbonyl (C=O) groups excluding carboxylic acids is 2. The van der Waals surface area contributed by atoms with Crippen LogP contribution < -0.4 is 9.80 Å². The van der Waals surface area contributed by atoms with Gasteiger partial charge in [-0.3, -0.25) is 9.59 Å². The van der Waals surface area contributed by atoms with Crippen molar-refractivity contribution in [3.63, 3.8) is 0 Å². The lowest BCUT2D eigenvalue weighted by molar-refractivity contribution is -0.118. The van der Waals surface area contributed by atoms with Gasteiger partial charge in [-0.25, -0.2) is 9.97 Å². The van der Waals surface area contributed by atoms with Crippen molar-refractivity contribution < 1.29 is 9.59 Å². The van der Waals surface area contributed by atoms with Crippen molar-refractivity contribution in [2.24, 2.45) is 0 Å². The summed E-state index contributed by atoms with van der Waals surface area (Å²) in [5.74, 6) is 1.10. The predicted molar refractivity (Wildman–Crippen MR) is 95.8 cm³/mol. The highest BCUT2D eigenvalue weighted by Crippen LogP contribution is 2.18. The Hall–Kier alpha value is -2.96. The van der Waals surface area contributed by atoms with E-state index in [9.17, 15) is 9.59 Å². The van der Waals surface area contributed by atoms with Crippen molar-refractivity contribution in [1.82, 2.24) is 14.9 Å². The zero-order valence-electron chi connectivity index (χ0n) is 14.4. The van der Waals surface area contributed by atoms with Crippen molar-refractivity contribution in [3.05, 3.63) is 47.9 Å². The quantitative estimate of drug-likeness (QED) is 0.786. The van der Waals surface area contributed by atoms with Crippen LogP contribution in [0.5, 0.6) is 0 Å². The molecule has 0 unspecified atom stereocenters. The number of rotatable bonds is 4. The number of piperazine rings is 1. The topological polar surface area (TPSA) is 69.6 Å². The first-order chi connectivity index (χ1) is 12.1. The van der Waals surface area contributed by atoms with E-state index in [-0.39, 0.29) is 5.91 Å². The van der Waals surface area contributed by atoms with E-state index in [0.717, 1.165) is 17.9 Å². The molecule has 2 amide bonds. The number of benzene rings is 1. The third-order valence-electron chi connectivity index (χ3n) is 4.28. The Morgan fingerprint density at radius 2 is 1.80 bits per heavy atom. The van der Waals surface area contributed by atoms with E-state index in [1.165, 1.54) is 0 Å². The fourth-order valence-electron chi connectivity index (χ4n) is 2.82. The fourth-order valence-corrected chi connectivity index (χ4v) is 2.82. The van der Waals surface area contributed by atoms with Gasteiger partial charge in [0.25, 0.3) is 5.91 Å². The van der Waals surface area contributed by atoms with E-state index in [0.29, 0.717) is 37.7 Å². The third kappa shape index (κ3) is 3.76. The Kier molecular flexibility index (Phi) is 4.92. The van der Waals surface area contributed by atoms with Crippen LogP contribution in [0.25, 0.3) is 0 Å². The van der Waals surface area contributed by atoms with Crippen LogP contribution in [0.4, 0.5) is 11.5 Å². The average molecular weight is 339 g/mol. The highest BCUT2D eigenvalue weighted by molar-refractivity contribution is 6.04. The molecule has 1 aliphatic rings. The van der Waals surface area contributed by atoms with E-state index >= 15 is 0 Å². The van der Waals surface area contributed by atoms with E-state index in [1.807, 2.05) is 30.3 Å². The van der Waals surface area contributed by atoms with E-state index in [1.54, 1.807) is 29.8 Å². The van der Waals surface area contributed by atoms with Gasteiger partial charge in [0, 0.05) is 45.0 Å². The first-order valence-electron chi connectivity index (χ1n) is 8.21. The number of aryl methyl sites for hydroxylation is 1. The minimum absolute atomic E-state index is 0.176.